The van der Waals surface area contributed by atoms with Gasteiger partial charge >= 0.3 is 7.12 Å². The Morgan fingerprint density at radius 1 is 1.32 bits per heavy atom. The number of methoxy groups -OCH3 is 1. The molecular weight excluding hydrogens is 286 g/mol. The fraction of sp³-hybridized carbons (Fsp3) is 0.667. The maximum absolute atomic E-state index is 15.0. The molecule has 5 nitrogen and oxygen atoms in total. The van der Waals surface area contributed by atoms with Crippen molar-refractivity contribution < 1.29 is 18.4 Å². The Balaban J connectivity index is 2.34. The number of aromatic nitrogens is 2. The van der Waals surface area contributed by atoms with Crippen LogP contribution in [0.3, 0.4) is 0 Å². The van der Waals surface area contributed by atoms with Gasteiger partial charge in [0.2, 0.25) is 0 Å². The van der Waals surface area contributed by atoms with Gasteiger partial charge in [-0.15, -0.1) is 0 Å². The van der Waals surface area contributed by atoms with Gasteiger partial charge in [0, 0.05) is 25.9 Å². The zero-order valence-electron chi connectivity index (χ0n) is 14.1. The van der Waals surface area contributed by atoms with E-state index in [-0.39, 0.29) is 0 Å². The molecule has 0 aliphatic carbocycles. The molecule has 1 aromatic rings. The van der Waals surface area contributed by atoms with Gasteiger partial charge in [0.25, 0.3) is 0 Å². The molecule has 22 heavy (non-hydrogen) atoms. The Morgan fingerprint density at radius 2 is 1.91 bits per heavy atom. The van der Waals surface area contributed by atoms with Crippen LogP contribution in [0.4, 0.5) is 4.39 Å². The van der Waals surface area contributed by atoms with Gasteiger partial charge < -0.3 is 14.0 Å². The van der Waals surface area contributed by atoms with E-state index in [1.54, 1.807) is 31.2 Å². The second-order valence-corrected chi connectivity index (χ2v) is 6.56. The first kappa shape index (κ1) is 17.2. The van der Waals surface area contributed by atoms with Crippen molar-refractivity contribution in [1.29, 1.82) is 0 Å². The predicted octanol–water partition coefficient (Wildman–Crippen LogP) is 2.77. The highest BCUT2D eigenvalue weighted by Crippen LogP contribution is 2.40. The highest BCUT2D eigenvalue weighted by Gasteiger charge is 2.53. The van der Waals surface area contributed by atoms with Crippen LogP contribution in [0.5, 0.6) is 0 Å². The van der Waals surface area contributed by atoms with E-state index in [1.807, 2.05) is 27.7 Å². The van der Waals surface area contributed by atoms with E-state index in [9.17, 15) is 0 Å². The van der Waals surface area contributed by atoms with E-state index in [0.29, 0.717) is 24.2 Å². The lowest BCUT2D eigenvalue weighted by Crippen LogP contribution is -2.41. The summed E-state index contributed by atoms with van der Waals surface area (Å²) in [5.74, 6) is 0. The van der Waals surface area contributed by atoms with Gasteiger partial charge in [0.05, 0.1) is 24.0 Å². The van der Waals surface area contributed by atoms with Crippen LogP contribution < -0.4 is 0 Å². The number of aryl methyl sites for hydroxylation is 1. The summed E-state index contributed by atoms with van der Waals surface area (Å²) in [6, 6.07) is 0. The topological polar surface area (TPSA) is 45.5 Å². The maximum atomic E-state index is 15.0. The molecule has 122 valence electrons. The zero-order valence-corrected chi connectivity index (χ0v) is 14.1. The maximum Gasteiger partial charge on any atom is 0.525 e. The number of nitrogens with zero attached hydrogens (tertiary/aromatic N) is 2. The minimum absolute atomic E-state index is 0.413. The molecule has 0 bridgehead atoms. The standard InChI is InChI=1S/C15H24BFN2O3/c1-14(2)15(3,4)22-16(21-14)13(17)12(7-8-20-6)11-9-18-19(5)10-11/h9-10H,7-8H2,1-6H3. The van der Waals surface area contributed by atoms with Crippen LogP contribution in [-0.4, -0.2) is 41.8 Å². The average Bonchev–Trinajstić information content (AvgIpc) is 2.92. The van der Waals surface area contributed by atoms with Crippen LogP contribution in [-0.2, 0) is 21.1 Å². The minimum atomic E-state index is -1.00. The van der Waals surface area contributed by atoms with Crippen molar-refractivity contribution in [2.24, 2.45) is 7.05 Å². The van der Waals surface area contributed by atoms with Gasteiger partial charge in [-0.2, -0.15) is 5.10 Å². The monoisotopic (exact) mass is 310 g/mol. The predicted molar refractivity (Wildman–Crippen MR) is 83.8 cm³/mol. The normalized spacial score (nSPS) is 21.1. The Hall–Kier alpha value is -1.18. The minimum Gasteiger partial charge on any atom is -0.398 e. The molecular formula is C15H24BFN2O3. The van der Waals surface area contributed by atoms with Crippen LogP contribution in [0.25, 0.3) is 5.57 Å². The van der Waals surface area contributed by atoms with Gasteiger partial charge in [0.1, 0.15) is 5.73 Å². The first-order chi connectivity index (χ1) is 10.2. The van der Waals surface area contributed by atoms with Gasteiger partial charge in [-0.3, -0.25) is 4.68 Å². The SMILES string of the molecule is COCCC(=C(F)B1OC(C)(C)C(C)(C)O1)c1cnn(C)c1. The molecule has 1 aromatic heterocycles. The van der Waals surface area contributed by atoms with E-state index in [4.69, 9.17) is 14.0 Å². The van der Waals surface area contributed by atoms with E-state index >= 15 is 4.39 Å². The molecule has 0 unspecified atom stereocenters. The van der Waals surface area contributed by atoms with Crippen molar-refractivity contribution in [3.8, 4) is 0 Å². The molecule has 1 aliphatic heterocycles. The van der Waals surface area contributed by atoms with Crippen molar-refractivity contribution >= 4 is 12.7 Å². The fourth-order valence-corrected chi connectivity index (χ4v) is 2.27. The van der Waals surface area contributed by atoms with Crippen molar-refractivity contribution in [2.45, 2.75) is 45.3 Å². The largest absolute Gasteiger partial charge is 0.525 e. The van der Waals surface area contributed by atoms with Crippen molar-refractivity contribution in [3.63, 3.8) is 0 Å². The summed E-state index contributed by atoms with van der Waals surface area (Å²) in [5.41, 5.74) is -0.337. The molecule has 1 aliphatic rings. The van der Waals surface area contributed by atoms with Crippen LogP contribution in [0.2, 0.25) is 0 Å². The third kappa shape index (κ3) is 3.26. The van der Waals surface area contributed by atoms with E-state index in [2.05, 4.69) is 5.10 Å². The Bertz CT molecular complexity index is 553. The third-order valence-electron chi connectivity index (χ3n) is 4.36. The molecule has 0 amide bonds. The highest BCUT2D eigenvalue weighted by atomic mass is 19.1. The van der Waals surface area contributed by atoms with Crippen molar-refractivity contribution in [2.75, 3.05) is 13.7 Å². The van der Waals surface area contributed by atoms with E-state index < -0.39 is 24.0 Å². The molecule has 0 radical (unpaired) electrons. The number of ether oxygens (including phenoxy) is 1. The number of halogens is 1. The molecule has 0 saturated carbocycles. The van der Waals surface area contributed by atoms with Gasteiger partial charge in [0.15, 0.2) is 0 Å². The second-order valence-electron chi connectivity index (χ2n) is 6.56. The summed E-state index contributed by atoms with van der Waals surface area (Å²) in [6.07, 6.45) is 3.84. The van der Waals surface area contributed by atoms with Crippen LogP contribution in [0.15, 0.2) is 18.1 Å². The van der Waals surface area contributed by atoms with Crippen molar-refractivity contribution in [3.05, 3.63) is 23.7 Å². The number of hydrogen-bond acceptors (Lipinski definition) is 4. The Labute approximate surface area is 131 Å². The molecule has 0 aromatic carbocycles. The zero-order chi connectivity index (χ0) is 16.5. The van der Waals surface area contributed by atoms with Gasteiger partial charge in [-0.25, -0.2) is 4.39 Å². The highest BCUT2D eigenvalue weighted by molar-refractivity contribution is 6.55. The van der Waals surface area contributed by atoms with Gasteiger partial charge in [-0.1, -0.05) is 0 Å². The number of rotatable bonds is 5. The number of hydrogen-bond donors (Lipinski definition) is 0. The molecule has 1 fully saturated rings. The lowest BCUT2D eigenvalue weighted by atomic mass is 9.82. The Kier molecular flexibility index (Phi) is 4.80. The average molecular weight is 310 g/mol. The molecule has 0 atom stereocenters. The second kappa shape index (κ2) is 6.14. The van der Waals surface area contributed by atoms with E-state index in [1.165, 1.54) is 0 Å². The molecule has 0 N–H and O–H groups in total. The molecule has 7 heteroatoms. The van der Waals surface area contributed by atoms with Gasteiger partial charge in [-0.05, 0) is 39.7 Å². The summed E-state index contributed by atoms with van der Waals surface area (Å²) in [6.45, 7) is 8.02. The first-order valence-electron chi connectivity index (χ1n) is 7.40. The van der Waals surface area contributed by atoms with Crippen LogP contribution in [0, 0.1) is 0 Å². The lowest BCUT2D eigenvalue weighted by molar-refractivity contribution is 0.00578. The molecule has 2 rings (SSSR count). The summed E-state index contributed by atoms with van der Waals surface area (Å²) in [7, 11) is 2.38. The third-order valence-corrected chi connectivity index (χ3v) is 4.36. The first-order valence-corrected chi connectivity index (χ1v) is 7.40. The molecule has 0 spiro atoms. The van der Waals surface area contributed by atoms with Crippen LogP contribution in [0.1, 0.15) is 39.7 Å². The van der Waals surface area contributed by atoms with E-state index in [0.717, 1.165) is 0 Å². The molecule has 2 heterocycles. The summed E-state index contributed by atoms with van der Waals surface area (Å²) in [5, 5.41) is 4.11. The lowest BCUT2D eigenvalue weighted by Gasteiger charge is -2.32. The fourth-order valence-electron chi connectivity index (χ4n) is 2.27. The van der Waals surface area contributed by atoms with Crippen LogP contribution >= 0.6 is 0 Å². The van der Waals surface area contributed by atoms with Crippen molar-refractivity contribution in [1.82, 2.24) is 9.78 Å². The quantitative estimate of drug-likeness (QED) is 0.785. The summed E-state index contributed by atoms with van der Waals surface area (Å²) >= 11 is 0. The Morgan fingerprint density at radius 3 is 2.36 bits per heavy atom. The summed E-state index contributed by atoms with van der Waals surface area (Å²) < 4.78 is 33.3. The smallest absolute Gasteiger partial charge is 0.398 e. The molecule has 1 saturated heterocycles. The summed E-state index contributed by atoms with van der Waals surface area (Å²) in [4.78, 5) is 0.